The third-order valence-electron chi connectivity index (χ3n) is 4.00. The smallest absolute Gasteiger partial charge is 0.222 e. The van der Waals surface area contributed by atoms with Gasteiger partial charge in [-0.2, -0.15) is 0 Å². The molecule has 19 heavy (non-hydrogen) atoms. The summed E-state index contributed by atoms with van der Waals surface area (Å²) in [7, 11) is 0. The van der Waals surface area contributed by atoms with E-state index in [2.05, 4.69) is 22.2 Å². The summed E-state index contributed by atoms with van der Waals surface area (Å²) in [6, 6.07) is 0.482. The number of likely N-dealkylation sites (tertiary alicyclic amines) is 1. The molecule has 1 amide bonds. The first-order chi connectivity index (χ1) is 9.24. The van der Waals surface area contributed by atoms with Gasteiger partial charge in [-0.3, -0.25) is 4.79 Å². The maximum absolute atomic E-state index is 11.8. The third-order valence-corrected chi connectivity index (χ3v) is 4.00. The lowest BCUT2D eigenvalue weighted by Crippen LogP contribution is -2.50. The molecule has 0 spiro atoms. The lowest BCUT2D eigenvalue weighted by atomic mass is 9.89. The number of aromatic amines is 1. The zero-order valence-corrected chi connectivity index (χ0v) is 11.9. The number of hydrogen-bond acceptors (Lipinski definition) is 3. The minimum Gasteiger partial charge on any atom is -0.348 e. The van der Waals surface area contributed by atoms with Crippen molar-refractivity contribution in [3.63, 3.8) is 0 Å². The van der Waals surface area contributed by atoms with Gasteiger partial charge in [0.05, 0.1) is 6.54 Å². The van der Waals surface area contributed by atoms with Gasteiger partial charge in [0.15, 0.2) is 0 Å². The first-order valence-electron chi connectivity index (χ1n) is 7.24. The van der Waals surface area contributed by atoms with Crippen molar-refractivity contribution in [3.05, 3.63) is 18.2 Å². The van der Waals surface area contributed by atoms with Crippen LogP contribution in [-0.2, 0) is 11.3 Å². The van der Waals surface area contributed by atoms with Gasteiger partial charge in [-0.05, 0) is 12.3 Å². The molecular formula is C14H24N4O. The molecular weight excluding hydrogens is 240 g/mol. The van der Waals surface area contributed by atoms with Crippen LogP contribution in [0.15, 0.2) is 12.4 Å². The van der Waals surface area contributed by atoms with Crippen LogP contribution in [0.5, 0.6) is 0 Å². The van der Waals surface area contributed by atoms with Gasteiger partial charge in [-0.1, -0.05) is 20.3 Å². The number of H-pyrrole nitrogens is 1. The molecule has 1 saturated heterocycles. The molecule has 2 heterocycles. The molecule has 0 aliphatic carbocycles. The molecule has 2 atom stereocenters. The van der Waals surface area contributed by atoms with Gasteiger partial charge in [0.1, 0.15) is 5.82 Å². The minimum atomic E-state index is 0.280. The summed E-state index contributed by atoms with van der Waals surface area (Å²) in [5, 5.41) is 3.57. The van der Waals surface area contributed by atoms with Crippen LogP contribution in [0.2, 0.25) is 0 Å². The van der Waals surface area contributed by atoms with Gasteiger partial charge in [0.2, 0.25) is 5.91 Å². The van der Waals surface area contributed by atoms with Crippen molar-refractivity contribution < 1.29 is 4.79 Å². The van der Waals surface area contributed by atoms with E-state index in [4.69, 9.17) is 0 Å². The Morgan fingerprint density at radius 2 is 2.42 bits per heavy atom. The van der Waals surface area contributed by atoms with E-state index in [1.54, 1.807) is 6.20 Å². The molecule has 0 saturated carbocycles. The van der Waals surface area contributed by atoms with E-state index in [0.29, 0.717) is 18.4 Å². The largest absolute Gasteiger partial charge is 0.348 e. The number of amides is 1. The number of hydrogen-bond donors (Lipinski definition) is 2. The first-order valence-corrected chi connectivity index (χ1v) is 7.24. The van der Waals surface area contributed by atoms with Crippen LogP contribution in [0.3, 0.4) is 0 Å². The lowest BCUT2D eigenvalue weighted by Gasteiger charge is -2.38. The number of rotatable bonds is 5. The summed E-state index contributed by atoms with van der Waals surface area (Å²) in [5.74, 6) is 1.80. The Hall–Kier alpha value is -1.36. The average molecular weight is 264 g/mol. The minimum absolute atomic E-state index is 0.280. The fraction of sp³-hybridized carbons (Fsp3) is 0.714. The molecule has 0 radical (unpaired) electrons. The predicted octanol–water partition coefficient (Wildman–Crippen LogP) is 1.54. The molecule has 2 rings (SSSR count). The Balaban J connectivity index is 1.86. The summed E-state index contributed by atoms with van der Waals surface area (Å²) < 4.78 is 0. The van der Waals surface area contributed by atoms with E-state index in [1.807, 2.05) is 18.0 Å². The van der Waals surface area contributed by atoms with Gasteiger partial charge >= 0.3 is 0 Å². The van der Waals surface area contributed by atoms with Crippen molar-refractivity contribution in [2.24, 2.45) is 5.92 Å². The maximum Gasteiger partial charge on any atom is 0.222 e. The Bertz CT molecular complexity index is 390. The fourth-order valence-corrected chi connectivity index (χ4v) is 2.79. The summed E-state index contributed by atoms with van der Waals surface area (Å²) >= 11 is 0. The highest BCUT2D eigenvalue weighted by Gasteiger charge is 2.29. The Morgan fingerprint density at radius 1 is 1.58 bits per heavy atom. The molecule has 1 aromatic rings. The molecule has 1 fully saturated rings. The van der Waals surface area contributed by atoms with Crippen LogP contribution in [0.1, 0.15) is 38.9 Å². The number of nitrogens with zero attached hydrogens (tertiary/aromatic N) is 2. The van der Waals surface area contributed by atoms with E-state index < -0.39 is 0 Å². The molecule has 1 aliphatic rings. The van der Waals surface area contributed by atoms with Crippen LogP contribution in [-0.4, -0.2) is 39.9 Å². The normalized spacial score (nSPS) is 23.6. The quantitative estimate of drug-likeness (QED) is 0.848. The second kappa shape index (κ2) is 6.70. The van der Waals surface area contributed by atoms with Crippen molar-refractivity contribution in [1.82, 2.24) is 20.2 Å². The van der Waals surface area contributed by atoms with Crippen LogP contribution in [0, 0.1) is 5.92 Å². The number of imidazole rings is 1. The molecule has 5 nitrogen and oxygen atoms in total. The molecule has 2 N–H and O–H groups in total. The highest BCUT2D eigenvalue weighted by atomic mass is 16.2. The van der Waals surface area contributed by atoms with Crippen molar-refractivity contribution in [1.29, 1.82) is 0 Å². The standard InChI is InChI=1S/C14H24N4O/c1-3-11-10-18(14(19)4-2)8-5-12(11)17-9-13-15-6-7-16-13/h6-7,11-12,17H,3-5,8-10H2,1-2H3,(H,15,16)/t11-,12+/m0/s1. The topological polar surface area (TPSA) is 61.0 Å². The summed E-state index contributed by atoms with van der Waals surface area (Å²) in [5.41, 5.74) is 0. The molecule has 1 aromatic heterocycles. The predicted molar refractivity (Wildman–Crippen MR) is 74.5 cm³/mol. The van der Waals surface area contributed by atoms with E-state index in [-0.39, 0.29) is 5.91 Å². The second-order valence-electron chi connectivity index (χ2n) is 5.17. The molecule has 0 bridgehead atoms. The Morgan fingerprint density at radius 3 is 3.05 bits per heavy atom. The van der Waals surface area contributed by atoms with E-state index >= 15 is 0 Å². The second-order valence-corrected chi connectivity index (χ2v) is 5.17. The number of carbonyl (C=O) groups is 1. The van der Waals surface area contributed by atoms with Crippen molar-refractivity contribution in [3.8, 4) is 0 Å². The molecule has 0 unspecified atom stereocenters. The van der Waals surface area contributed by atoms with Gasteiger partial charge in [0.25, 0.3) is 0 Å². The number of carbonyl (C=O) groups excluding carboxylic acids is 1. The number of aromatic nitrogens is 2. The molecule has 1 aliphatic heterocycles. The summed E-state index contributed by atoms with van der Waals surface area (Å²) in [4.78, 5) is 21.1. The molecule has 5 heteroatoms. The Kier molecular flexibility index (Phi) is 4.96. The molecule has 106 valence electrons. The number of piperidine rings is 1. The van der Waals surface area contributed by atoms with Crippen molar-refractivity contribution >= 4 is 5.91 Å². The van der Waals surface area contributed by atoms with Crippen LogP contribution >= 0.6 is 0 Å². The van der Waals surface area contributed by atoms with Gasteiger partial charge in [-0.25, -0.2) is 4.98 Å². The van der Waals surface area contributed by atoms with E-state index in [1.165, 1.54) is 0 Å². The first kappa shape index (κ1) is 14.1. The zero-order valence-electron chi connectivity index (χ0n) is 11.9. The zero-order chi connectivity index (χ0) is 13.7. The monoisotopic (exact) mass is 264 g/mol. The van der Waals surface area contributed by atoms with Crippen LogP contribution < -0.4 is 5.32 Å². The lowest BCUT2D eigenvalue weighted by molar-refractivity contribution is -0.133. The maximum atomic E-state index is 11.8. The molecule has 0 aromatic carbocycles. The van der Waals surface area contributed by atoms with Gasteiger partial charge in [0, 0.05) is 37.9 Å². The van der Waals surface area contributed by atoms with Crippen molar-refractivity contribution in [2.45, 2.75) is 45.7 Å². The average Bonchev–Trinajstić information content (AvgIpc) is 2.97. The van der Waals surface area contributed by atoms with Gasteiger partial charge < -0.3 is 15.2 Å². The fourth-order valence-electron chi connectivity index (χ4n) is 2.79. The third kappa shape index (κ3) is 3.56. The van der Waals surface area contributed by atoms with Crippen LogP contribution in [0.4, 0.5) is 0 Å². The van der Waals surface area contributed by atoms with Crippen molar-refractivity contribution in [2.75, 3.05) is 13.1 Å². The summed E-state index contributed by atoms with van der Waals surface area (Å²) in [6.07, 6.45) is 6.36. The van der Waals surface area contributed by atoms with Gasteiger partial charge in [-0.15, -0.1) is 0 Å². The van der Waals surface area contributed by atoms with E-state index in [9.17, 15) is 4.79 Å². The number of nitrogens with one attached hydrogen (secondary N) is 2. The highest BCUT2D eigenvalue weighted by molar-refractivity contribution is 5.75. The highest BCUT2D eigenvalue weighted by Crippen LogP contribution is 2.21. The SMILES string of the molecule is CCC(=O)N1CC[C@@H](NCc2ncc[nH]2)[C@@H](CC)C1. The summed E-state index contributed by atoms with van der Waals surface area (Å²) in [6.45, 7) is 6.67. The van der Waals surface area contributed by atoms with E-state index in [0.717, 1.165) is 38.3 Å². The van der Waals surface area contributed by atoms with Crippen LogP contribution in [0.25, 0.3) is 0 Å². The Labute approximate surface area is 114 Å².